The fraction of sp³-hybridized carbons (Fsp3) is 0.300. The van der Waals surface area contributed by atoms with Crippen molar-refractivity contribution in [2.75, 3.05) is 19.6 Å². The van der Waals surface area contributed by atoms with Crippen molar-refractivity contribution in [2.24, 2.45) is 5.92 Å². The van der Waals surface area contributed by atoms with Gasteiger partial charge in [-0.1, -0.05) is 59.6 Å². The number of fused-ring (bicyclic) bond motifs is 3. The molecule has 2 aromatic rings. The van der Waals surface area contributed by atoms with E-state index in [4.69, 9.17) is 23.2 Å². The molecule has 0 aliphatic carbocycles. The fourth-order valence-electron chi connectivity index (χ4n) is 3.91. The Kier molecular flexibility index (Phi) is 4.19. The molecular weight excluding hydrogens is 325 g/mol. The van der Waals surface area contributed by atoms with Crippen LogP contribution in [0.15, 0.2) is 54.1 Å². The van der Waals surface area contributed by atoms with Gasteiger partial charge in [0.15, 0.2) is 0 Å². The molecule has 118 valence electrons. The summed E-state index contributed by atoms with van der Waals surface area (Å²) in [4.78, 5) is 2.54. The molecule has 2 aromatic carbocycles. The Morgan fingerprint density at radius 1 is 0.826 bits per heavy atom. The van der Waals surface area contributed by atoms with Gasteiger partial charge in [-0.2, -0.15) is 0 Å². The molecule has 3 heteroatoms. The van der Waals surface area contributed by atoms with Gasteiger partial charge in [-0.15, -0.1) is 0 Å². The van der Waals surface area contributed by atoms with Crippen molar-refractivity contribution in [3.63, 3.8) is 0 Å². The molecule has 3 aliphatic rings. The van der Waals surface area contributed by atoms with Crippen LogP contribution < -0.4 is 0 Å². The molecule has 5 rings (SSSR count). The lowest BCUT2D eigenvalue weighted by Crippen LogP contribution is -2.43. The van der Waals surface area contributed by atoms with Crippen LogP contribution in [0.5, 0.6) is 0 Å². The van der Waals surface area contributed by atoms with Crippen molar-refractivity contribution in [3.05, 3.63) is 75.3 Å². The predicted octanol–water partition coefficient (Wildman–Crippen LogP) is 5.52. The van der Waals surface area contributed by atoms with Gasteiger partial charge in [0.2, 0.25) is 0 Å². The van der Waals surface area contributed by atoms with Crippen LogP contribution in [0.2, 0.25) is 10.0 Å². The molecule has 0 amide bonds. The molecular formula is C20H19Cl2N. The topological polar surface area (TPSA) is 3.24 Å². The van der Waals surface area contributed by atoms with E-state index in [1.165, 1.54) is 37.1 Å². The SMILES string of the molecule is Clc1ccccc1C(=C1CN2CCC1CC2)c1ccccc1Cl. The van der Waals surface area contributed by atoms with E-state index in [0.29, 0.717) is 5.92 Å². The standard InChI is InChI=1S/C20H19Cl2N/c21-18-7-3-1-5-15(18)20(16-6-2-4-8-19(16)22)17-13-23-11-9-14(17)10-12-23/h1-8,14H,9-13H2. The Bertz CT molecular complexity index is 710. The normalized spacial score (nSPS) is 23.1. The van der Waals surface area contributed by atoms with Gasteiger partial charge in [-0.05, 0) is 55.1 Å². The Balaban J connectivity index is 1.95. The van der Waals surface area contributed by atoms with Crippen LogP contribution in [-0.4, -0.2) is 24.5 Å². The highest BCUT2D eigenvalue weighted by Gasteiger charge is 2.32. The highest BCUT2D eigenvalue weighted by atomic mass is 35.5. The van der Waals surface area contributed by atoms with Gasteiger partial charge in [-0.25, -0.2) is 0 Å². The van der Waals surface area contributed by atoms with Gasteiger partial charge in [0, 0.05) is 27.7 Å². The molecule has 3 saturated heterocycles. The summed E-state index contributed by atoms with van der Waals surface area (Å²) in [6.07, 6.45) is 2.49. The maximum atomic E-state index is 6.55. The fourth-order valence-corrected chi connectivity index (χ4v) is 4.37. The minimum absolute atomic E-state index is 0.655. The van der Waals surface area contributed by atoms with Crippen LogP contribution >= 0.6 is 23.2 Å². The van der Waals surface area contributed by atoms with Crippen LogP contribution in [0, 0.1) is 5.92 Å². The van der Waals surface area contributed by atoms with Crippen molar-refractivity contribution in [3.8, 4) is 0 Å². The van der Waals surface area contributed by atoms with Gasteiger partial charge >= 0.3 is 0 Å². The van der Waals surface area contributed by atoms with Crippen LogP contribution in [0.4, 0.5) is 0 Å². The van der Waals surface area contributed by atoms with E-state index in [1.807, 2.05) is 24.3 Å². The zero-order chi connectivity index (χ0) is 15.8. The van der Waals surface area contributed by atoms with Gasteiger partial charge in [0.25, 0.3) is 0 Å². The molecule has 23 heavy (non-hydrogen) atoms. The van der Waals surface area contributed by atoms with E-state index in [0.717, 1.165) is 27.7 Å². The smallest absolute Gasteiger partial charge is 0.0484 e. The Morgan fingerprint density at radius 2 is 1.35 bits per heavy atom. The molecule has 3 heterocycles. The maximum Gasteiger partial charge on any atom is 0.0484 e. The van der Waals surface area contributed by atoms with Crippen LogP contribution in [0.3, 0.4) is 0 Å². The summed E-state index contributed by atoms with van der Waals surface area (Å²) >= 11 is 13.1. The van der Waals surface area contributed by atoms with Crippen molar-refractivity contribution in [1.29, 1.82) is 0 Å². The van der Waals surface area contributed by atoms with Crippen molar-refractivity contribution in [1.82, 2.24) is 4.90 Å². The van der Waals surface area contributed by atoms with E-state index in [1.54, 1.807) is 0 Å². The summed E-state index contributed by atoms with van der Waals surface area (Å²) in [7, 11) is 0. The molecule has 3 fully saturated rings. The third-order valence-corrected chi connectivity index (χ3v) is 5.74. The summed E-state index contributed by atoms with van der Waals surface area (Å²) in [6, 6.07) is 16.2. The number of halogens is 2. The average molecular weight is 344 g/mol. The minimum Gasteiger partial charge on any atom is -0.299 e. The summed E-state index contributed by atoms with van der Waals surface area (Å²) in [5, 5.41) is 1.60. The van der Waals surface area contributed by atoms with E-state index in [-0.39, 0.29) is 0 Å². The average Bonchev–Trinajstić information content (AvgIpc) is 2.60. The first-order valence-corrected chi connectivity index (χ1v) is 8.95. The van der Waals surface area contributed by atoms with E-state index in [2.05, 4.69) is 29.2 Å². The molecule has 0 radical (unpaired) electrons. The van der Waals surface area contributed by atoms with Crippen LogP contribution in [-0.2, 0) is 0 Å². The second-order valence-corrected chi connectivity index (χ2v) is 7.22. The third kappa shape index (κ3) is 2.82. The molecule has 0 spiro atoms. The molecule has 0 saturated carbocycles. The number of hydrogen-bond acceptors (Lipinski definition) is 1. The predicted molar refractivity (Wildman–Crippen MR) is 98.1 cm³/mol. The molecule has 0 N–H and O–H groups in total. The zero-order valence-corrected chi connectivity index (χ0v) is 14.4. The minimum atomic E-state index is 0.655. The lowest BCUT2D eigenvalue weighted by Gasteiger charge is -2.42. The molecule has 3 aliphatic heterocycles. The molecule has 0 atom stereocenters. The second-order valence-electron chi connectivity index (χ2n) is 6.41. The maximum absolute atomic E-state index is 6.55. The van der Waals surface area contributed by atoms with Crippen molar-refractivity contribution < 1.29 is 0 Å². The summed E-state index contributed by atoms with van der Waals surface area (Å²) in [6.45, 7) is 3.47. The Labute approximate surface area is 147 Å². The van der Waals surface area contributed by atoms with Gasteiger partial charge in [-0.3, -0.25) is 4.90 Å². The number of benzene rings is 2. The number of piperidine rings is 3. The van der Waals surface area contributed by atoms with E-state index < -0.39 is 0 Å². The number of hydrogen-bond donors (Lipinski definition) is 0. The molecule has 0 aromatic heterocycles. The van der Waals surface area contributed by atoms with Crippen LogP contribution in [0.25, 0.3) is 5.57 Å². The van der Waals surface area contributed by atoms with E-state index >= 15 is 0 Å². The quantitative estimate of drug-likeness (QED) is 0.693. The molecule has 0 unspecified atom stereocenters. The molecule has 1 nitrogen and oxygen atoms in total. The first-order valence-electron chi connectivity index (χ1n) is 8.19. The summed E-state index contributed by atoms with van der Waals surface area (Å²) < 4.78 is 0. The summed E-state index contributed by atoms with van der Waals surface area (Å²) in [5.74, 6) is 0.655. The second kappa shape index (κ2) is 6.32. The Morgan fingerprint density at radius 3 is 1.78 bits per heavy atom. The lowest BCUT2D eigenvalue weighted by molar-refractivity contribution is 0.162. The van der Waals surface area contributed by atoms with Gasteiger partial charge in [0.1, 0.15) is 0 Å². The highest BCUT2D eigenvalue weighted by Crippen LogP contribution is 2.42. The van der Waals surface area contributed by atoms with Crippen molar-refractivity contribution >= 4 is 28.8 Å². The monoisotopic (exact) mass is 343 g/mol. The third-order valence-electron chi connectivity index (χ3n) is 5.08. The van der Waals surface area contributed by atoms with Crippen LogP contribution in [0.1, 0.15) is 24.0 Å². The molecule has 2 bridgehead atoms. The number of nitrogens with zero attached hydrogens (tertiary/aromatic N) is 1. The highest BCUT2D eigenvalue weighted by molar-refractivity contribution is 6.34. The number of rotatable bonds is 2. The van der Waals surface area contributed by atoms with E-state index in [9.17, 15) is 0 Å². The zero-order valence-electron chi connectivity index (χ0n) is 12.9. The first-order chi connectivity index (χ1) is 11.2. The largest absolute Gasteiger partial charge is 0.299 e. The lowest BCUT2D eigenvalue weighted by atomic mass is 9.78. The summed E-state index contributed by atoms with van der Waals surface area (Å²) in [5.41, 5.74) is 4.95. The van der Waals surface area contributed by atoms with Gasteiger partial charge in [0.05, 0.1) is 0 Å². The van der Waals surface area contributed by atoms with Gasteiger partial charge < -0.3 is 0 Å². The first kappa shape index (κ1) is 15.3. The Hall–Kier alpha value is -1.28. The van der Waals surface area contributed by atoms with Crippen molar-refractivity contribution in [2.45, 2.75) is 12.8 Å².